The predicted molar refractivity (Wildman–Crippen MR) is 64.2 cm³/mol. The summed E-state index contributed by atoms with van der Waals surface area (Å²) in [6, 6.07) is 4.83. The van der Waals surface area contributed by atoms with Crippen LogP contribution in [-0.4, -0.2) is 18.5 Å². The molecule has 1 saturated heterocycles. The van der Waals surface area contributed by atoms with Crippen LogP contribution in [0.2, 0.25) is 0 Å². The molecule has 1 aliphatic rings. The number of primary amides is 1. The van der Waals surface area contributed by atoms with E-state index in [9.17, 15) is 18.0 Å². The van der Waals surface area contributed by atoms with E-state index in [1.165, 1.54) is 12.1 Å². The van der Waals surface area contributed by atoms with Crippen LogP contribution < -0.4 is 11.1 Å². The molecule has 1 aromatic carbocycles. The smallest absolute Gasteiger partial charge is 0.368 e. The number of hydrogen-bond donors (Lipinski definition) is 2. The van der Waals surface area contributed by atoms with Gasteiger partial charge in [-0.15, -0.1) is 0 Å². The Hall–Kier alpha value is -1.56. The topological polar surface area (TPSA) is 55.1 Å². The summed E-state index contributed by atoms with van der Waals surface area (Å²) >= 11 is 0. The van der Waals surface area contributed by atoms with Crippen LogP contribution in [0.3, 0.4) is 0 Å². The fourth-order valence-electron chi connectivity index (χ4n) is 2.34. The number of nitrogens with two attached hydrogens (primary N) is 1. The van der Waals surface area contributed by atoms with Crippen molar-refractivity contribution in [2.45, 2.75) is 25.1 Å². The van der Waals surface area contributed by atoms with E-state index in [0.29, 0.717) is 19.4 Å². The van der Waals surface area contributed by atoms with E-state index in [0.717, 1.165) is 17.7 Å². The molecule has 2 atom stereocenters. The molecule has 0 bridgehead atoms. The van der Waals surface area contributed by atoms with Gasteiger partial charge < -0.3 is 11.1 Å². The molecule has 0 aliphatic carbocycles. The molecule has 0 aromatic heterocycles. The number of carbonyl (C=O) groups excluding carboxylic acids is 1. The molecule has 3 N–H and O–H groups in total. The standard InChI is InChI=1S/C13H15F3N2O/c14-13(15,16)10-3-1-8(2-4-10)5-9-6-11(12(17)19)18-7-9/h1-4,9,11,18H,5-7H2,(H2,17,19). The van der Waals surface area contributed by atoms with Gasteiger partial charge in [0.1, 0.15) is 0 Å². The lowest BCUT2D eigenvalue weighted by Crippen LogP contribution is -2.36. The number of rotatable bonds is 3. The minimum Gasteiger partial charge on any atom is -0.368 e. The zero-order valence-electron chi connectivity index (χ0n) is 10.2. The minimum atomic E-state index is -4.30. The number of halogens is 3. The van der Waals surface area contributed by atoms with E-state index >= 15 is 0 Å². The van der Waals surface area contributed by atoms with Crippen molar-refractivity contribution in [3.63, 3.8) is 0 Å². The third kappa shape index (κ3) is 3.47. The van der Waals surface area contributed by atoms with Gasteiger partial charge in [-0.3, -0.25) is 4.79 Å². The van der Waals surface area contributed by atoms with Crippen molar-refractivity contribution in [1.82, 2.24) is 5.32 Å². The molecular weight excluding hydrogens is 257 g/mol. The van der Waals surface area contributed by atoms with E-state index in [4.69, 9.17) is 5.73 Å². The molecule has 2 rings (SSSR count). The van der Waals surface area contributed by atoms with Gasteiger partial charge >= 0.3 is 6.18 Å². The van der Waals surface area contributed by atoms with Gasteiger partial charge in [0.2, 0.25) is 5.91 Å². The van der Waals surface area contributed by atoms with Crippen LogP contribution in [0.15, 0.2) is 24.3 Å². The van der Waals surface area contributed by atoms with E-state index < -0.39 is 11.7 Å². The number of nitrogens with one attached hydrogen (secondary N) is 1. The van der Waals surface area contributed by atoms with Gasteiger partial charge in [0.25, 0.3) is 0 Å². The molecule has 2 unspecified atom stereocenters. The van der Waals surface area contributed by atoms with Crippen molar-refractivity contribution in [2.24, 2.45) is 11.7 Å². The van der Waals surface area contributed by atoms with Gasteiger partial charge in [0, 0.05) is 0 Å². The summed E-state index contributed by atoms with van der Waals surface area (Å²) in [7, 11) is 0. The van der Waals surface area contributed by atoms with Gasteiger partial charge in [-0.1, -0.05) is 12.1 Å². The van der Waals surface area contributed by atoms with E-state index in [-0.39, 0.29) is 17.9 Å². The molecule has 1 fully saturated rings. The molecule has 1 heterocycles. The minimum absolute atomic E-state index is 0.231. The van der Waals surface area contributed by atoms with Gasteiger partial charge in [0.05, 0.1) is 11.6 Å². The highest BCUT2D eigenvalue weighted by atomic mass is 19.4. The highest BCUT2D eigenvalue weighted by Gasteiger charge is 2.31. The van der Waals surface area contributed by atoms with Crippen LogP contribution in [0.4, 0.5) is 13.2 Å². The first-order chi connectivity index (χ1) is 8.86. The van der Waals surface area contributed by atoms with Crippen molar-refractivity contribution in [3.05, 3.63) is 35.4 Å². The van der Waals surface area contributed by atoms with Crippen LogP contribution >= 0.6 is 0 Å². The average molecular weight is 272 g/mol. The highest BCUT2D eigenvalue weighted by Crippen LogP contribution is 2.29. The van der Waals surface area contributed by atoms with Crippen LogP contribution in [0.25, 0.3) is 0 Å². The maximum absolute atomic E-state index is 12.4. The van der Waals surface area contributed by atoms with Crippen LogP contribution in [-0.2, 0) is 17.4 Å². The third-order valence-electron chi connectivity index (χ3n) is 3.37. The lowest BCUT2D eigenvalue weighted by molar-refractivity contribution is -0.137. The summed E-state index contributed by atoms with van der Waals surface area (Å²) in [4.78, 5) is 11.0. The van der Waals surface area contributed by atoms with Crippen molar-refractivity contribution in [2.75, 3.05) is 6.54 Å². The van der Waals surface area contributed by atoms with Crippen LogP contribution in [0, 0.1) is 5.92 Å². The Morgan fingerprint density at radius 3 is 2.42 bits per heavy atom. The summed E-state index contributed by atoms with van der Waals surface area (Å²) in [6.07, 6.45) is -3.02. The van der Waals surface area contributed by atoms with Gasteiger partial charge in [-0.25, -0.2) is 0 Å². The Balaban J connectivity index is 1.96. The van der Waals surface area contributed by atoms with Crippen LogP contribution in [0.5, 0.6) is 0 Å². The fraction of sp³-hybridized carbons (Fsp3) is 0.462. The zero-order valence-corrected chi connectivity index (χ0v) is 10.2. The second-order valence-corrected chi connectivity index (χ2v) is 4.86. The Labute approximate surface area is 109 Å². The van der Waals surface area contributed by atoms with E-state index in [2.05, 4.69) is 5.32 Å². The molecule has 0 radical (unpaired) electrons. The van der Waals surface area contributed by atoms with E-state index in [1.54, 1.807) is 0 Å². The second kappa shape index (κ2) is 5.21. The maximum atomic E-state index is 12.4. The monoisotopic (exact) mass is 272 g/mol. The van der Waals surface area contributed by atoms with Crippen molar-refractivity contribution in [1.29, 1.82) is 0 Å². The van der Waals surface area contributed by atoms with Crippen molar-refractivity contribution in [3.8, 4) is 0 Å². The molecule has 1 aliphatic heterocycles. The molecule has 1 aromatic rings. The number of alkyl halides is 3. The van der Waals surface area contributed by atoms with Crippen LogP contribution in [0.1, 0.15) is 17.5 Å². The van der Waals surface area contributed by atoms with Gasteiger partial charge in [0.15, 0.2) is 0 Å². The highest BCUT2D eigenvalue weighted by molar-refractivity contribution is 5.80. The van der Waals surface area contributed by atoms with Gasteiger partial charge in [-0.2, -0.15) is 13.2 Å². The molecule has 0 spiro atoms. The Bertz CT molecular complexity index is 456. The largest absolute Gasteiger partial charge is 0.416 e. The molecule has 0 saturated carbocycles. The SMILES string of the molecule is NC(=O)C1CC(Cc2ccc(C(F)(F)F)cc2)CN1. The zero-order chi connectivity index (χ0) is 14.0. The number of carbonyl (C=O) groups is 1. The lowest BCUT2D eigenvalue weighted by Gasteiger charge is -2.10. The first kappa shape index (κ1) is 13.9. The molecule has 19 heavy (non-hydrogen) atoms. The normalized spacial score (nSPS) is 23.5. The van der Waals surface area contributed by atoms with Crippen molar-refractivity contribution >= 4 is 5.91 Å². The number of benzene rings is 1. The molecular formula is C13H15F3N2O. The average Bonchev–Trinajstić information content (AvgIpc) is 2.77. The summed E-state index contributed by atoms with van der Waals surface area (Å²) in [5.41, 5.74) is 5.39. The quantitative estimate of drug-likeness (QED) is 0.880. The summed E-state index contributed by atoms with van der Waals surface area (Å²) in [5, 5.41) is 3.01. The maximum Gasteiger partial charge on any atom is 0.416 e. The summed E-state index contributed by atoms with van der Waals surface area (Å²) in [6.45, 7) is 0.661. The first-order valence-electron chi connectivity index (χ1n) is 6.05. The molecule has 104 valence electrons. The molecule has 3 nitrogen and oxygen atoms in total. The van der Waals surface area contributed by atoms with Crippen molar-refractivity contribution < 1.29 is 18.0 Å². The summed E-state index contributed by atoms with van der Waals surface area (Å²) in [5.74, 6) is -0.149. The second-order valence-electron chi connectivity index (χ2n) is 4.86. The Morgan fingerprint density at radius 2 is 1.95 bits per heavy atom. The number of amides is 1. The number of hydrogen-bond acceptors (Lipinski definition) is 2. The molecule has 1 amide bonds. The Morgan fingerprint density at radius 1 is 1.32 bits per heavy atom. The van der Waals surface area contributed by atoms with Gasteiger partial charge in [-0.05, 0) is 43.0 Å². The predicted octanol–water partition coefficient (Wildman–Crippen LogP) is 1.71. The summed E-state index contributed by atoms with van der Waals surface area (Å²) < 4.78 is 37.2. The van der Waals surface area contributed by atoms with E-state index in [1.807, 2.05) is 0 Å². The fourth-order valence-corrected chi connectivity index (χ4v) is 2.34. The lowest BCUT2D eigenvalue weighted by atomic mass is 9.96. The molecule has 6 heteroatoms. The first-order valence-corrected chi connectivity index (χ1v) is 6.05. The Kier molecular flexibility index (Phi) is 3.80. The third-order valence-corrected chi connectivity index (χ3v) is 3.37.